The van der Waals surface area contributed by atoms with Crippen LogP contribution in [-0.2, 0) is 9.53 Å². The summed E-state index contributed by atoms with van der Waals surface area (Å²) in [7, 11) is 0. The smallest absolute Gasteiger partial charge is 0.228 e. The van der Waals surface area contributed by atoms with E-state index in [1.807, 2.05) is 6.07 Å². The number of aromatic nitrogens is 2. The summed E-state index contributed by atoms with van der Waals surface area (Å²) in [6.45, 7) is 0.728. The fourth-order valence-corrected chi connectivity index (χ4v) is 1.83. The van der Waals surface area contributed by atoms with Crippen LogP contribution in [0.2, 0.25) is 0 Å². The Morgan fingerprint density at radius 1 is 1.71 bits per heavy atom. The third-order valence-electron chi connectivity index (χ3n) is 2.71. The lowest BCUT2D eigenvalue weighted by Gasteiger charge is -2.21. The minimum Gasteiger partial charge on any atom is -0.378 e. The largest absolute Gasteiger partial charge is 0.378 e. The summed E-state index contributed by atoms with van der Waals surface area (Å²) in [5.41, 5.74) is 0.336. The van der Waals surface area contributed by atoms with Crippen LogP contribution in [-0.4, -0.2) is 28.8 Å². The Balaban J connectivity index is 1.87. The molecule has 0 spiro atoms. The molecule has 2 N–H and O–H groups in total. The number of aromatic amines is 1. The summed E-state index contributed by atoms with van der Waals surface area (Å²) in [4.78, 5) is 11.7. The standard InChI is InChI=1S/C11H14N4O2/c12-6-8-7-13-15-11(8)14-10(16)5-9-3-1-2-4-17-9/h7,9H,1-5H2,(H2,13,14,15,16). The summed E-state index contributed by atoms with van der Waals surface area (Å²) in [5, 5.41) is 17.7. The van der Waals surface area contributed by atoms with Gasteiger partial charge in [-0.15, -0.1) is 0 Å². The molecule has 1 amide bonds. The molecule has 1 unspecified atom stereocenters. The predicted molar refractivity (Wildman–Crippen MR) is 60.1 cm³/mol. The molecule has 1 atom stereocenters. The number of amides is 1. The highest BCUT2D eigenvalue weighted by atomic mass is 16.5. The monoisotopic (exact) mass is 234 g/mol. The van der Waals surface area contributed by atoms with Gasteiger partial charge >= 0.3 is 0 Å². The van der Waals surface area contributed by atoms with Crippen LogP contribution >= 0.6 is 0 Å². The second-order valence-electron chi connectivity index (χ2n) is 4.01. The lowest BCUT2D eigenvalue weighted by Crippen LogP contribution is -2.25. The van der Waals surface area contributed by atoms with Crippen LogP contribution in [0, 0.1) is 11.3 Å². The molecular weight excluding hydrogens is 220 g/mol. The second-order valence-corrected chi connectivity index (χ2v) is 4.01. The van der Waals surface area contributed by atoms with Gasteiger partial charge in [-0.1, -0.05) is 0 Å². The van der Waals surface area contributed by atoms with E-state index in [0.29, 0.717) is 17.8 Å². The van der Waals surface area contributed by atoms with Crippen LogP contribution < -0.4 is 5.32 Å². The number of H-pyrrole nitrogens is 1. The molecule has 0 radical (unpaired) electrons. The number of nitrogens with zero attached hydrogens (tertiary/aromatic N) is 2. The molecule has 0 aliphatic carbocycles. The van der Waals surface area contributed by atoms with Crippen molar-refractivity contribution in [1.29, 1.82) is 5.26 Å². The van der Waals surface area contributed by atoms with Crippen LogP contribution in [0.15, 0.2) is 6.20 Å². The lowest BCUT2D eigenvalue weighted by atomic mass is 10.1. The quantitative estimate of drug-likeness (QED) is 0.821. The number of rotatable bonds is 3. The van der Waals surface area contributed by atoms with Crippen molar-refractivity contribution in [2.75, 3.05) is 11.9 Å². The van der Waals surface area contributed by atoms with Crippen molar-refractivity contribution >= 4 is 11.7 Å². The van der Waals surface area contributed by atoms with Gasteiger partial charge in [0.2, 0.25) is 5.91 Å². The van der Waals surface area contributed by atoms with Gasteiger partial charge in [-0.2, -0.15) is 10.4 Å². The third kappa shape index (κ3) is 3.04. The Hall–Kier alpha value is -1.87. The first-order chi connectivity index (χ1) is 8.29. The number of hydrogen-bond acceptors (Lipinski definition) is 4. The molecule has 0 aromatic carbocycles. The van der Waals surface area contributed by atoms with E-state index in [-0.39, 0.29) is 12.0 Å². The normalized spacial score (nSPS) is 19.6. The van der Waals surface area contributed by atoms with Crippen LogP contribution in [0.25, 0.3) is 0 Å². The van der Waals surface area contributed by atoms with E-state index >= 15 is 0 Å². The number of carbonyl (C=O) groups is 1. The minimum absolute atomic E-state index is 0.00259. The molecule has 1 aliphatic heterocycles. The van der Waals surface area contributed by atoms with E-state index in [1.54, 1.807) is 0 Å². The molecule has 6 nitrogen and oxygen atoms in total. The zero-order valence-corrected chi connectivity index (χ0v) is 9.40. The summed E-state index contributed by atoms with van der Waals surface area (Å²) >= 11 is 0. The maximum absolute atomic E-state index is 11.7. The highest BCUT2D eigenvalue weighted by molar-refractivity contribution is 5.91. The highest BCUT2D eigenvalue weighted by Gasteiger charge is 2.18. The molecule has 2 rings (SSSR count). The highest BCUT2D eigenvalue weighted by Crippen LogP contribution is 2.17. The van der Waals surface area contributed by atoms with Crippen molar-refractivity contribution in [3.8, 4) is 6.07 Å². The molecule has 1 aromatic heterocycles. The molecule has 90 valence electrons. The van der Waals surface area contributed by atoms with E-state index in [0.717, 1.165) is 25.9 Å². The molecular formula is C11H14N4O2. The van der Waals surface area contributed by atoms with Gasteiger partial charge in [0.05, 0.1) is 18.7 Å². The van der Waals surface area contributed by atoms with Crippen molar-refractivity contribution in [2.24, 2.45) is 0 Å². The maximum atomic E-state index is 11.7. The summed E-state index contributed by atoms with van der Waals surface area (Å²) in [6, 6.07) is 1.94. The number of ether oxygens (including phenoxy) is 1. The number of hydrogen-bond donors (Lipinski definition) is 2. The second kappa shape index (κ2) is 5.46. The predicted octanol–water partition coefficient (Wildman–Crippen LogP) is 1.18. The molecule has 0 saturated carbocycles. The fraction of sp³-hybridized carbons (Fsp3) is 0.545. The van der Waals surface area contributed by atoms with Crippen molar-refractivity contribution in [2.45, 2.75) is 31.8 Å². The van der Waals surface area contributed by atoms with Gasteiger partial charge in [-0.05, 0) is 19.3 Å². The topological polar surface area (TPSA) is 90.8 Å². The minimum atomic E-state index is -0.155. The average molecular weight is 234 g/mol. The Morgan fingerprint density at radius 2 is 2.59 bits per heavy atom. The summed E-state index contributed by atoms with van der Waals surface area (Å²) in [6.07, 6.45) is 4.79. The van der Waals surface area contributed by atoms with Gasteiger partial charge in [-0.25, -0.2) is 0 Å². The van der Waals surface area contributed by atoms with Gasteiger partial charge in [0.1, 0.15) is 17.5 Å². The summed E-state index contributed by atoms with van der Waals surface area (Å²) in [5.74, 6) is 0.200. The van der Waals surface area contributed by atoms with Crippen LogP contribution in [0.3, 0.4) is 0 Å². The molecule has 1 aliphatic rings. The third-order valence-corrected chi connectivity index (χ3v) is 2.71. The Morgan fingerprint density at radius 3 is 3.29 bits per heavy atom. The number of anilines is 1. The van der Waals surface area contributed by atoms with Crippen LogP contribution in [0.5, 0.6) is 0 Å². The average Bonchev–Trinajstić information content (AvgIpc) is 2.77. The number of nitriles is 1. The number of carbonyl (C=O) groups excluding carboxylic acids is 1. The molecule has 2 heterocycles. The first-order valence-corrected chi connectivity index (χ1v) is 5.64. The zero-order chi connectivity index (χ0) is 12.1. The molecule has 1 fully saturated rings. The molecule has 6 heteroatoms. The van der Waals surface area contributed by atoms with Gasteiger partial charge in [0.25, 0.3) is 0 Å². The fourth-order valence-electron chi connectivity index (χ4n) is 1.83. The molecule has 0 bridgehead atoms. The van der Waals surface area contributed by atoms with Crippen molar-refractivity contribution in [3.63, 3.8) is 0 Å². The van der Waals surface area contributed by atoms with E-state index in [1.165, 1.54) is 6.20 Å². The van der Waals surface area contributed by atoms with Gasteiger partial charge in [0.15, 0.2) is 0 Å². The lowest BCUT2D eigenvalue weighted by molar-refractivity contribution is -0.119. The zero-order valence-electron chi connectivity index (χ0n) is 9.40. The van der Waals surface area contributed by atoms with E-state index in [2.05, 4.69) is 15.5 Å². The van der Waals surface area contributed by atoms with Crippen molar-refractivity contribution < 1.29 is 9.53 Å². The van der Waals surface area contributed by atoms with Gasteiger partial charge in [-0.3, -0.25) is 9.89 Å². The van der Waals surface area contributed by atoms with Crippen LogP contribution in [0.1, 0.15) is 31.2 Å². The maximum Gasteiger partial charge on any atom is 0.228 e. The van der Waals surface area contributed by atoms with E-state index in [4.69, 9.17) is 10.00 Å². The molecule has 17 heavy (non-hydrogen) atoms. The van der Waals surface area contributed by atoms with Crippen molar-refractivity contribution in [1.82, 2.24) is 10.2 Å². The number of nitrogens with one attached hydrogen (secondary N) is 2. The summed E-state index contributed by atoms with van der Waals surface area (Å²) < 4.78 is 5.47. The Labute approximate surface area is 99.0 Å². The van der Waals surface area contributed by atoms with Gasteiger partial charge in [0, 0.05) is 6.61 Å². The van der Waals surface area contributed by atoms with Crippen LogP contribution in [0.4, 0.5) is 5.82 Å². The van der Waals surface area contributed by atoms with Gasteiger partial charge < -0.3 is 10.1 Å². The first kappa shape index (κ1) is 11.6. The molecule has 1 aromatic rings. The molecule has 1 saturated heterocycles. The Kier molecular flexibility index (Phi) is 3.73. The SMILES string of the molecule is N#Cc1cn[nH]c1NC(=O)CC1CCCCO1. The van der Waals surface area contributed by atoms with E-state index in [9.17, 15) is 4.79 Å². The van der Waals surface area contributed by atoms with Crippen molar-refractivity contribution in [3.05, 3.63) is 11.8 Å². The first-order valence-electron chi connectivity index (χ1n) is 5.64. The Bertz CT molecular complexity index is 429. The van der Waals surface area contributed by atoms with E-state index < -0.39 is 0 Å².